The summed E-state index contributed by atoms with van der Waals surface area (Å²) in [5.74, 6) is 1.01. The van der Waals surface area contributed by atoms with Gasteiger partial charge in [-0.25, -0.2) is 4.68 Å². The smallest absolute Gasteiger partial charge is 0.289 e. The van der Waals surface area contributed by atoms with E-state index in [1.54, 1.807) is 23.9 Å². The highest BCUT2D eigenvalue weighted by atomic mass is 35.5. The zero-order chi connectivity index (χ0) is 20.9. The minimum absolute atomic E-state index is 0.0902. The molecule has 1 atom stereocenters. The molecule has 3 heterocycles. The van der Waals surface area contributed by atoms with E-state index in [4.69, 9.17) is 20.8 Å². The van der Waals surface area contributed by atoms with E-state index in [0.29, 0.717) is 50.1 Å². The molecule has 1 aliphatic heterocycles. The van der Waals surface area contributed by atoms with Gasteiger partial charge in [0.25, 0.3) is 5.91 Å². The molecule has 4 rings (SSSR count). The molecule has 1 aromatic carbocycles. The normalized spacial score (nSPS) is 16.0. The van der Waals surface area contributed by atoms with E-state index in [-0.39, 0.29) is 11.9 Å². The number of carbonyl (C=O) groups excluding carboxylic acids is 1. The van der Waals surface area contributed by atoms with Crippen LogP contribution in [0, 0.1) is 0 Å². The Balaban J connectivity index is 1.56. The fourth-order valence-electron chi connectivity index (χ4n) is 3.65. The van der Waals surface area contributed by atoms with Crippen LogP contribution in [-0.2, 0) is 11.3 Å². The highest BCUT2D eigenvalue weighted by Crippen LogP contribution is 2.29. The number of nitrogens with zero attached hydrogens (tertiary/aromatic N) is 6. The van der Waals surface area contributed by atoms with Crippen LogP contribution < -0.4 is 0 Å². The van der Waals surface area contributed by atoms with Crippen molar-refractivity contribution in [3.8, 4) is 0 Å². The second kappa shape index (κ2) is 9.38. The van der Waals surface area contributed by atoms with Crippen molar-refractivity contribution in [3.63, 3.8) is 0 Å². The molecule has 0 unspecified atom stereocenters. The van der Waals surface area contributed by atoms with Crippen LogP contribution in [0.1, 0.15) is 28.0 Å². The molecule has 158 valence electrons. The molecule has 1 saturated heterocycles. The van der Waals surface area contributed by atoms with Crippen LogP contribution >= 0.6 is 11.6 Å². The third-order valence-electron chi connectivity index (χ3n) is 5.20. The minimum Gasteiger partial charge on any atom is -0.459 e. The van der Waals surface area contributed by atoms with Crippen LogP contribution in [0.5, 0.6) is 0 Å². The summed E-state index contributed by atoms with van der Waals surface area (Å²) >= 11 is 6.10. The Morgan fingerprint density at radius 3 is 2.63 bits per heavy atom. The van der Waals surface area contributed by atoms with E-state index in [2.05, 4.69) is 20.4 Å². The van der Waals surface area contributed by atoms with Gasteiger partial charge in [0.15, 0.2) is 11.6 Å². The van der Waals surface area contributed by atoms with E-state index in [1.165, 1.54) is 6.26 Å². The van der Waals surface area contributed by atoms with E-state index in [9.17, 15) is 4.79 Å². The van der Waals surface area contributed by atoms with Crippen molar-refractivity contribution in [1.82, 2.24) is 30.0 Å². The van der Waals surface area contributed by atoms with Crippen molar-refractivity contribution in [3.05, 3.63) is 64.8 Å². The molecule has 0 bridgehead atoms. The number of aromatic nitrogens is 4. The summed E-state index contributed by atoms with van der Waals surface area (Å²) in [5.41, 5.74) is 1.04. The number of halogens is 1. The number of hydrogen-bond acceptors (Lipinski definition) is 7. The number of carbonyl (C=O) groups is 1. The Hall–Kier alpha value is -2.75. The second-order valence-corrected chi connectivity index (χ2v) is 7.45. The highest BCUT2D eigenvalue weighted by molar-refractivity contribution is 6.30. The van der Waals surface area contributed by atoms with Gasteiger partial charge in [0.1, 0.15) is 0 Å². The average molecular weight is 431 g/mol. The molecule has 9 nitrogen and oxygen atoms in total. The number of amides is 1. The van der Waals surface area contributed by atoms with Crippen LogP contribution in [0.2, 0.25) is 5.02 Å². The summed E-state index contributed by atoms with van der Waals surface area (Å²) in [6.45, 7) is 3.59. The van der Waals surface area contributed by atoms with Gasteiger partial charge < -0.3 is 14.1 Å². The quantitative estimate of drug-likeness (QED) is 0.567. The summed E-state index contributed by atoms with van der Waals surface area (Å²) in [5, 5.41) is 13.0. The maximum Gasteiger partial charge on any atom is 0.289 e. The van der Waals surface area contributed by atoms with Gasteiger partial charge in [-0.1, -0.05) is 23.7 Å². The molecule has 0 spiro atoms. The molecule has 1 amide bonds. The summed E-state index contributed by atoms with van der Waals surface area (Å²) in [6.07, 6.45) is 1.51. The van der Waals surface area contributed by atoms with Crippen LogP contribution in [0.25, 0.3) is 0 Å². The Bertz CT molecular complexity index is 951. The fourth-order valence-corrected chi connectivity index (χ4v) is 3.78. The average Bonchev–Trinajstić information content (AvgIpc) is 3.46. The van der Waals surface area contributed by atoms with E-state index in [1.807, 2.05) is 29.2 Å². The number of tetrazole rings is 1. The third-order valence-corrected chi connectivity index (χ3v) is 5.45. The van der Waals surface area contributed by atoms with Crippen LogP contribution in [-0.4, -0.2) is 75.8 Å². The van der Waals surface area contributed by atoms with Crippen molar-refractivity contribution in [2.24, 2.45) is 0 Å². The first-order chi connectivity index (χ1) is 14.7. The summed E-state index contributed by atoms with van der Waals surface area (Å²) in [6, 6.07) is 11.0. The number of piperazine rings is 1. The molecule has 1 aliphatic rings. The lowest BCUT2D eigenvalue weighted by Crippen LogP contribution is -2.50. The molecule has 10 heteroatoms. The minimum atomic E-state index is -0.157. The maximum absolute atomic E-state index is 12.6. The lowest BCUT2D eigenvalue weighted by molar-refractivity contribution is 0.0558. The van der Waals surface area contributed by atoms with E-state index >= 15 is 0 Å². The lowest BCUT2D eigenvalue weighted by atomic mass is 10.0. The van der Waals surface area contributed by atoms with Gasteiger partial charge >= 0.3 is 0 Å². The number of hydrogen-bond donors (Lipinski definition) is 0. The van der Waals surface area contributed by atoms with Gasteiger partial charge in [-0.15, -0.1) is 5.10 Å². The summed E-state index contributed by atoms with van der Waals surface area (Å²) in [7, 11) is 1.65. The van der Waals surface area contributed by atoms with Crippen LogP contribution in [0.15, 0.2) is 47.1 Å². The molecule has 2 aromatic heterocycles. The number of furan rings is 1. The molecule has 0 radical (unpaired) electrons. The van der Waals surface area contributed by atoms with Gasteiger partial charge in [0, 0.05) is 38.3 Å². The zero-order valence-corrected chi connectivity index (χ0v) is 17.4. The zero-order valence-electron chi connectivity index (χ0n) is 16.6. The first-order valence-corrected chi connectivity index (χ1v) is 10.1. The van der Waals surface area contributed by atoms with Gasteiger partial charge in [-0.3, -0.25) is 9.69 Å². The molecule has 0 saturated carbocycles. The second-order valence-electron chi connectivity index (χ2n) is 7.01. The monoisotopic (exact) mass is 430 g/mol. The first kappa shape index (κ1) is 20.5. The molecular weight excluding hydrogens is 408 g/mol. The summed E-state index contributed by atoms with van der Waals surface area (Å²) in [4.78, 5) is 16.7. The number of rotatable bonds is 7. The fraction of sp³-hybridized carbons (Fsp3) is 0.400. The Morgan fingerprint density at radius 1 is 1.20 bits per heavy atom. The largest absolute Gasteiger partial charge is 0.459 e. The lowest BCUT2D eigenvalue weighted by Gasteiger charge is -2.38. The third kappa shape index (κ3) is 4.38. The number of methoxy groups -OCH3 is 1. The van der Waals surface area contributed by atoms with Crippen molar-refractivity contribution < 1.29 is 13.9 Å². The summed E-state index contributed by atoms with van der Waals surface area (Å²) < 4.78 is 12.2. The molecule has 0 aliphatic carbocycles. The van der Waals surface area contributed by atoms with Gasteiger partial charge in [0.05, 0.1) is 25.5 Å². The molecule has 30 heavy (non-hydrogen) atoms. The standard InChI is InChI=1S/C20H23ClN6O3/c1-29-14-12-27-19(22-23-24-27)18(15-4-6-16(21)7-5-15)25-8-10-26(11-9-25)20(28)17-3-2-13-30-17/h2-7,13,18H,8-12,14H2,1H3/t18-/m0/s1. The Morgan fingerprint density at radius 2 is 1.97 bits per heavy atom. The molecule has 1 fully saturated rings. The number of benzene rings is 1. The predicted molar refractivity (Wildman–Crippen MR) is 109 cm³/mol. The van der Waals surface area contributed by atoms with Crippen LogP contribution in [0.3, 0.4) is 0 Å². The van der Waals surface area contributed by atoms with E-state index in [0.717, 1.165) is 11.4 Å². The first-order valence-electron chi connectivity index (χ1n) is 9.74. The van der Waals surface area contributed by atoms with Crippen molar-refractivity contribution in [2.45, 2.75) is 12.6 Å². The molecular formula is C20H23ClN6O3. The van der Waals surface area contributed by atoms with Crippen molar-refractivity contribution >= 4 is 17.5 Å². The Labute approximate surface area is 179 Å². The maximum atomic E-state index is 12.6. The van der Waals surface area contributed by atoms with Crippen molar-refractivity contribution in [1.29, 1.82) is 0 Å². The van der Waals surface area contributed by atoms with E-state index < -0.39 is 0 Å². The van der Waals surface area contributed by atoms with Gasteiger partial charge in [-0.05, 0) is 40.3 Å². The van der Waals surface area contributed by atoms with Crippen LogP contribution in [0.4, 0.5) is 0 Å². The molecule has 0 N–H and O–H groups in total. The predicted octanol–water partition coefficient (Wildman–Crippen LogP) is 2.11. The van der Waals surface area contributed by atoms with Gasteiger partial charge in [-0.2, -0.15) is 0 Å². The van der Waals surface area contributed by atoms with Crippen molar-refractivity contribution in [2.75, 3.05) is 39.9 Å². The Kier molecular flexibility index (Phi) is 6.41. The number of ether oxygens (including phenoxy) is 1. The SMILES string of the molecule is COCCn1nnnc1[C@H](c1ccc(Cl)cc1)N1CCN(C(=O)c2ccco2)CC1. The molecule has 3 aromatic rings. The van der Waals surface area contributed by atoms with Gasteiger partial charge in [0.2, 0.25) is 0 Å². The highest BCUT2D eigenvalue weighted by Gasteiger charge is 2.32. The topological polar surface area (TPSA) is 89.5 Å².